The molecule has 2 rings (SSSR count). The zero-order valence-corrected chi connectivity index (χ0v) is 11.0. The van der Waals surface area contributed by atoms with Gasteiger partial charge < -0.3 is 9.84 Å². The fourth-order valence-electron chi connectivity index (χ4n) is 3.91. The van der Waals surface area contributed by atoms with Gasteiger partial charge >= 0.3 is 0 Å². The van der Waals surface area contributed by atoms with Gasteiger partial charge in [0.2, 0.25) is 0 Å². The van der Waals surface area contributed by atoms with E-state index in [9.17, 15) is 5.11 Å². The van der Waals surface area contributed by atoms with Crippen LogP contribution in [0.3, 0.4) is 0 Å². The molecule has 0 bridgehead atoms. The van der Waals surface area contributed by atoms with Crippen LogP contribution in [0.15, 0.2) is 0 Å². The van der Waals surface area contributed by atoms with E-state index in [-0.39, 0.29) is 5.41 Å². The van der Waals surface area contributed by atoms with Crippen molar-refractivity contribution in [2.45, 2.75) is 58.0 Å². The van der Waals surface area contributed by atoms with E-state index >= 15 is 0 Å². The van der Waals surface area contributed by atoms with Gasteiger partial charge in [-0.2, -0.15) is 0 Å². The predicted molar refractivity (Wildman–Crippen MR) is 65.3 cm³/mol. The first-order valence-corrected chi connectivity index (χ1v) is 6.70. The zero-order valence-electron chi connectivity index (χ0n) is 11.0. The predicted octanol–water partition coefficient (Wildman–Crippen LogP) is 2.99. The quantitative estimate of drug-likeness (QED) is 0.784. The van der Waals surface area contributed by atoms with E-state index in [0.29, 0.717) is 6.61 Å². The minimum atomic E-state index is -0.554. The Balaban J connectivity index is 2.14. The molecule has 0 unspecified atom stereocenters. The molecular weight excluding hydrogens is 200 g/mol. The second-order valence-corrected chi connectivity index (χ2v) is 6.48. The van der Waals surface area contributed by atoms with Gasteiger partial charge in [-0.15, -0.1) is 0 Å². The number of ether oxygens (including phenoxy) is 1. The van der Waals surface area contributed by atoms with Crippen LogP contribution in [0, 0.1) is 17.3 Å². The molecule has 94 valence electrons. The maximum atomic E-state index is 10.7. The molecule has 0 aromatic heterocycles. The Hall–Kier alpha value is -0.0800. The molecule has 4 atom stereocenters. The molecule has 0 saturated heterocycles. The van der Waals surface area contributed by atoms with E-state index in [0.717, 1.165) is 24.7 Å². The molecule has 2 saturated carbocycles. The number of methoxy groups -OCH3 is 1. The first-order valence-electron chi connectivity index (χ1n) is 6.70. The summed E-state index contributed by atoms with van der Waals surface area (Å²) < 4.78 is 5.34. The summed E-state index contributed by atoms with van der Waals surface area (Å²) in [5.74, 6) is 1.59. The third-order valence-corrected chi connectivity index (χ3v) is 5.20. The first kappa shape index (κ1) is 12.4. The summed E-state index contributed by atoms with van der Waals surface area (Å²) in [4.78, 5) is 0. The number of hydrogen-bond donors (Lipinski definition) is 1. The lowest BCUT2D eigenvalue weighted by Crippen LogP contribution is -2.54. The van der Waals surface area contributed by atoms with Crippen molar-refractivity contribution >= 4 is 0 Å². The van der Waals surface area contributed by atoms with Gasteiger partial charge in [-0.05, 0) is 31.6 Å². The highest BCUT2D eigenvalue weighted by Crippen LogP contribution is 2.52. The molecule has 0 aromatic carbocycles. The van der Waals surface area contributed by atoms with Crippen LogP contribution in [0.1, 0.15) is 52.4 Å². The number of rotatable bonds is 2. The Bertz CT molecular complexity index is 249. The van der Waals surface area contributed by atoms with Gasteiger partial charge in [-0.25, -0.2) is 0 Å². The summed E-state index contributed by atoms with van der Waals surface area (Å²) >= 11 is 0. The summed E-state index contributed by atoms with van der Waals surface area (Å²) in [5, 5.41) is 10.7. The molecule has 2 heteroatoms. The normalized spacial score (nSPS) is 48.8. The van der Waals surface area contributed by atoms with Crippen LogP contribution in [0.5, 0.6) is 0 Å². The first-order chi connectivity index (χ1) is 7.48. The minimum Gasteiger partial charge on any atom is -0.390 e. The van der Waals surface area contributed by atoms with E-state index in [4.69, 9.17) is 4.74 Å². The average Bonchev–Trinajstić information content (AvgIpc) is 2.19. The summed E-state index contributed by atoms with van der Waals surface area (Å²) in [6.45, 7) is 4.89. The van der Waals surface area contributed by atoms with Crippen LogP contribution in [-0.2, 0) is 4.74 Å². The van der Waals surface area contributed by atoms with Crippen LogP contribution in [0.25, 0.3) is 0 Å². The third-order valence-electron chi connectivity index (χ3n) is 5.20. The van der Waals surface area contributed by atoms with Crippen molar-refractivity contribution in [2.24, 2.45) is 17.3 Å². The Morgan fingerprint density at radius 2 is 1.69 bits per heavy atom. The molecule has 1 N–H and O–H groups in total. The standard InChI is InChI=1S/C14H26O2/c1-13(10-16-3)8-11-6-4-5-7-12(11)9-14(13,2)15/h11-12,15H,4-10H2,1-3H3/t11-,12-,13+,14-/m1/s1. The van der Waals surface area contributed by atoms with Gasteiger partial charge in [-0.3, -0.25) is 0 Å². The lowest BCUT2D eigenvalue weighted by molar-refractivity contribution is -0.155. The molecule has 0 radical (unpaired) electrons. The molecule has 0 spiro atoms. The lowest BCUT2D eigenvalue weighted by Gasteiger charge is -2.53. The number of hydrogen-bond acceptors (Lipinski definition) is 2. The zero-order chi connectivity index (χ0) is 11.8. The molecule has 16 heavy (non-hydrogen) atoms. The number of aliphatic hydroxyl groups is 1. The smallest absolute Gasteiger partial charge is 0.0697 e. The Morgan fingerprint density at radius 3 is 2.25 bits per heavy atom. The van der Waals surface area contributed by atoms with Gasteiger partial charge in [0.1, 0.15) is 0 Å². The molecule has 2 aliphatic rings. The van der Waals surface area contributed by atoms with E-state index in [1.54, 1.807) is 7.11 Å². The van der Waals surface area contributed by atoms with E-state index in [2.05, 4.69) is 6.92 Å². The number of fused-ring (bicyclic) bond motifs is 1. The van der Waals surface area contributed by atoms with Gasteiger partial charge in [-0.1, -0.05) is 32.6 Å². The average molecular weight is 226 g/mol. The van der Waals surface area contributed by atoms with Gasteiger partial charge in [0, 0.05) is 12.5 Å². The van der Waals surface area contributed by atoms with Crippen molar-refractivity contribution in [1.29, 1.82) is 0 Å². The molecule has 0 aromatic rings. The van der Waals surface area contributed by atoms with Crippen molar-refractivity contribution in [2.75, 3.05) is 13.7 Å². The fourth-order valence-corrected chi connectivity index (χ4v) is 3.91. The van der Waals surface area contributed by atoms with E-state index in [1.807, 2.05) is 6.92 Å². The molecule has 2 nitrogen and oxygen atoms in total. The van der Waals surface area contributed by atoms with Gasteiger partial charge in [0.05, 0.1) is 12.2 Å². The Labute approximate surface area is 99.4 Å². The summed E-state index contributed by atoms with van der Waals surface area (Å²) in [7, 11) is 1.74. The highest BCUT2D eigenvalue weighted by atomic mass is 16.5. The molecular formula is C14H26O2. The fraction of sp³-hybridized carbons (Fsp3) is 1.00. The van der Waals surface area contributed by atoms with Crippen LogP contribution < -0.4 is 0 Å². The van der Waals surface area contributed by atoms with Gasteiger partial charge in [0.25, 0.3) is 0 Å². The summed E-state index contributed by atoms with van der Waals surface area (Å²) in [6.07, 6.45) is 7.53. The second kappa shape index (κ2) is 4.30. The van der Waals surface area contributed by atoms with Crippen LogP contribution in [0.4, 0.5) is 0 Å². The SMILES string of the molecule is COC[C@]1(C)C[C@H]2CCCC[C@@H]2C[C@@]1(C)O. The van der Waals surface area contributed by atoms with Crippen molar-refractivity contribution < 1.29 is 9.84 Å². The van der Waals surface area contributed by atoms with Crippen LogP contribution in [0.2, 0.25) is 0 Å². The summed E-state index contributed by atoms with van der Waals surface area (Å²) in [6, 6.07) is 0. The Morgan fingerprint density at radius 1 is 1.12 bits per heavy atom. The van der Waals surface area contributed by atoms with Crippen molar-refractivity contribution in [3.05, 3.63) is 0 Å². The minimum absolute atomic E-state index is 0.0553. The summed E-state index contributed by atoms with van der Waals surface area (Å²) in [5.41, 5.74) is -0.609. The van der Waals surface area contributed by atoms with Crippen molar-refractivity contribution in [3.8, 4) is 0 Å². The Kier molecular flexibility index (Phi) is 3.33. The van der Waals surface area contributed by atoms with E-state index in [1.165, 1.54) is 25.7 Å². The van der Waals surface area contributed by atoms with Crippen LogP contribution >= 0.6 is 0 Å². The van der Waals surface area contributed by atoms with Crippen molar-refractivity contribution in [1.82, 2.24) is 0 Å². The molecule has 0 heterocycles. The highest BCUT2D eigenvalue weighted by Gasteiger charge is 2.51. The third kappa shape index (κ3) is 2.02. The maximum absolute atomic E-state index is 10.7. The molecule has 2 aliphatic carbocycles. The molecule has 0 amide bonds. The maximum Gasteiger partial charge on any atom is 0.0697 e. The highest BCUT2D eigenvalue weighted by molar-refractivity contribution is 5.02. The van der Waals surface area contributed by atoms with Crippen LogP contribution in [-0.4, -0.2) is 24.4 Å². The monoisotopic (exact) mass is 226 g/mol. The van der Waals surface area contributed by atoms with Crippen molar-refractivity contribution in [3.63, 3.8) is 0 Å². The molecule has 2 fully saturated rings. The lowest BCUT2D eigenvalue weighted by atomic mass is 9.55. The largest absolute Gasteiger partial charge is 0.390 e. The molecule has 0 aliphatic heterocycles. The van der Waals surface area contributed by atoms with Gasteiger partial charge in [0.15, 0.2) is 0 Å². The second-order valence-electron chi connectivity index (χ2n) is 6.48. The van der Waals surface area contributed by atoms with E-state index < -0.39 is 5.60 Å². The topological polar surface area (TPSA) is 29.5 Å².